The van der Waals surface area contributed by atoms with Gasteiger partial charge < -0.3 is 19.4 Å². The van der Waals surface area contributed by atoms with E-state index in [-0.39, 0.29) is 23.8 Å². The smallest absolute Gasteiger partial charge is 0.378 e. The lowest BCUT2D eigenvalue weighted by atomic mass is 9.95. The van der Waals surface area contributed by atoms with Crippen molar-refractivity contribution in [3.05, 3.63) is 47.2 Å². The Balaban J connectivity index is 1.71. The van der Waals surface area contributed by atoms with Gasteiger partial charge in [0, 0.05) is 44.7 Å². The van der Waals surface area contributed by atoms with Gasteiger partial charge in [0.15, 0.2) is 0 Å². The quantitative estimate of drug-likeness (QED) is 0.508. The fourth-order valence-corrected chi connectivity index (χ4v) is 5.23. The van der Waals surface area contributed by atoms with Crippen molar-refractivity contribution in [2.24, 2.45) is 5.92 Å². The molecule has 1 fully saturated rings. The highest BCUT2D eigenvalue weighted by Crippen LogP contribution is 2.41. The monoisotopic (exact) mass is 533 g/mol. The van der Waals surface area contributed by atoms with E-state index in [9.17, 15) is 22.8 Å². The Labute approximate surface area is 221 Å². The second-order valence-corrected chi connectivity index (χ2v) is 10.2. The SMILES string of the molecule is Cc1cc(C(F)(F)F)cc(N2C(=O)CC3CN(CCOCCN(C)C)c4c(C)cccc4N(C)C(=O)[C@H]32)n1. The van der Waals surface area contributed by atoms with Crippen molar-refractivity contribution in [1.82, 2.24) is 9.88 Å². The molecule has 1 saturated heterocycles. The van der Waals surface area contributed by atoms with Crippen molar-refractivity contribution >= 4 is 29.0 Å². The van der Waals surface area contributed by atoms with Crippen molar-refractivity contribution in [3.63, 3.8) is 0 Å². The molecular formula is C27H34F3N5O3. The number of carbonyl (C=O) groups is 2. The highest BCUT2D eigenvalue weighted by molar-refractivity contribution is 6.10. The molecule has 0 spiro atoms. The first-order valence-electron chi connectivity index (χ1n) is 12.6. The number of aryl methyl sites for hydroxylation is 2. The summed E-state index contributed by atoms with van der Waals surface area (Å²) in [5.41, 5.74) is 1.76. The lowest BCUT2D eigenvalue weighted by Gasteiger charge is -2.39. The number of amides is 2. The van der Waals surface area contributed by atoms with Crippen LogP contribution in [0.4, 0.5) is 30.4 Å². The number of halogens is 3. The predicted molar refractivity (Wildman–Crippen MR) is 140 cm³/mol. The average Bonchev–Trinajstić information content (AvgIpc) is 3.15. The van der Waals surface area contributed by atoms with E-state index in [1.165, 1.54) is 11.8 Å². The summed E-state index contributed by atoms with van der Waals surface area (Å²) in [6.07, 6.45) is -4.58. The molecule has 38 heavy (non-hydrogen) atoms. The summed E-state index contributed by atoms with van der Waals surface area (Å²) in [4.78, 5) is 38.2. The molecule has 1 unspecified atom stereocenters. The summed E-state index contributed by atoms with van der Waals surface area (Å²) >= 11 is 0. The second kappa shape index (κ2) is 10.9. The van der Waals surface area contributed by atoms with Gasteiger partial charge in [-0.05, 0) is 51.7 Å². The number of fused-ring (bicyclic) bond motifs is 2. The number of alkyl halides is 3. The van der Waals surface area contributed by atoms with Gasteiger partial charge in [-0.3, -0.25) is 14.5 Å². The van der Waals surface area contributed by atoms with Crippen molar-refractivity contribution in [3.8, 4) is 0 Å². The van der Waals surface area contributed by atoms with Crippen molar-refractivity contribution < 1.29 is 27.5 Å². The average molecular weight is 534 g/mol. The number of para-hydroxylation sites is 1. The van der Waals surface area contributed by atoms with Gasteiger partial charge in [0.05, 0.1) is 30.2 Å². The minimum absolute atomic E-state index is 0.0282. The van der Waals surface area contributed by atoms with Gasteiger partial charge in [-0.15, -0.1) is 0 Å². The van der Waals surface area contributed by atoms with Gasteiger partial charge >= 0.3 is 6.18 Å². The summed E-state index contributed by atoms with van der Waals surface area (Å²) in [6.45, 7) is 6.12. The number of rotatable bonds is 7. The zero-order valence-electron chi connectivity index (χ0n) is 22.4. The van der Waals surface area contributed by atoms with E-state index in [2.05, 4.69) is 9.88 Å². The summed E-state index contributed by atoms with van der Waals surface area (Å²) in [5.74, 6) is -1.37. The molecule has 0 aliphatic carbocycles. The molecule has 206 valence electrons. The topological polar surface area (TPSA) is 69.2 Å². The lowest BCUT2D eigenvalue weighted by molar-refractivity contribution is -0.137. The number of carbonyl (C=O) groups excluding carboxylic acids is 2. The number of aromatic nitrogens is 1. The number of anilines is 3. The molecule has 2 aromatic rings. The summed E-state index contributed by atoms with van der Waals surface area (Å²) < 4.78 is 46.5. The van der Waals surface area contributed by atoms with Crippen LogP contribution < -0.4 is 14.7 Å². The van der Waals surface area contributed by atoms with Gasteiger partial charge in [0.25, 0.3) is 0 Å². The maximum absolute atomic E-state index is 13.9. The molecule has 2 aliphatic heterocycles. The Morgan fingerprint density at radius 3 is 2.55 bits per heavy atom. The molecule has 8 nitrogen and oxygen atoms in total. The van der Waals surface area contributed by atoms with Gasteiger partial charge in [-0.25, -0.2) is 4.98 Å². The third-order valence-electron chi connectivity index (χ3n) is 7.07. The molecule has 0 N–H and O–H groups in total. The minimum Gasteiger partial charge on any atom is -0.378 e. The largest absolute Gasteiger partial charge is 0.416 e. The number of nitrogens with zero attached hydrogens (tertiary/aromatic N) is 5. The predicted octanol–water partition coefficient (Wildman–Crippen LogP) is 3.50. The van der Waals surface area contributed by atoms with Crippen LogP contribution in [0.15, 0.2) is 30.3 Å². The van der Waals surface area contributed by atoms with Gasteiger partial charge in [0.1, 0.15) is 11.9 Å². The van der Waals surface area contributed by atoms with Crippen LogP contribution in [-0.2, 0) is 20.5 Å². The van der Waals surface area contributed by atoms with Crippen LogP contribution >= 0.6 is 0 Å². The van der Waals surface area contributed by atoms with Gasteiger partial charge in [-0.1, -0.05) is 12.1 Å². The van der Waals surface area contributed by atoms with Crippen LogP contribution in [0.5, 0.6) is 0 Å². The fraction of sp³-hybridized carbons (Fsp3) is 0.519. The Bertz CT molecular complexity index is 1200. The molecule has 11 heteroatoms. The standard InChI is InChI=1S/C27H34F3N5O3/c1-17-7-6-8-21-24(17)34(10-12-38-11-9-32(3)4)16-19-14-23(36)35(25(19)26(37)33(21)5)22-15-20(27(28,29)30)13-18(2)31-22/h6-8,13,15,19,25H,9-12,14,16H2,1-5H3/t19?,25-/m0/s1. The number of pyridine rings is 1. The fourth-order valence-electron chi connectivity index (χ4n) is 5.23. The Morgan fingerprint density at radius 2 is 1.87 bits per heavy atom. The summed E-state index contributed by atoms with van der Waals surface area (Å²) in [6, 6.07) is 6.48. The van der Waals surface area contributed by atoms with Crippen LogP contribution in [0, 0.1) is 19.8 Å². The molecule has 2 atom stereocenters. The molecule has 2 aliphatic rings. The maximum atomic E-state index is 13.9. The van der Waals surface area contributed by atoms with E-state index in [1.807, 2.05) is 44.1 Å². The molecule has 4 rings (SSSR count). The molecule has 2 amide bonds. The molecule has 0 radical (unpaired) electrons. The van der Waals surface area contributed by atoms with Crippen LogP contribution in [0.1, 0.15) is 23.2 Å². The van der Waals surface area contributed by atoms with E-state index in [0.29, 0.717) is 32.0 Å². The molecule has 1 aromatic heterocycles. The van der Waals surface area contributed by atoms with Gasteiger partial charge in [0.2, 0.25) is 11.8 Å². The Hall–Kier alpha value is -3.18. The highest BCUT2D eigenvalue weighted by Gasteiger charge is 2.49. The number of benzene rings is 1. The third-order valence-corrected chi connectivity index (χ3v) is 7.07. The number of hydrogen-bond acceptors (Lipinski definition) is 6. The lowest BCUT2D eigenvalue weighted by Crippen LogP contribution is -2.52. The van der Waals surface area contributed by atoms with E-state index in [4.69, 9.17) is 4.74 Å². The maximum Gasteiger partial charge on any atom is 0.416 e. The van der Waals surface area contributed by atoms with E-state index in [0.717, 1.165) is 34.8 Å². The number of likely N-dealkylation sites (N-methyl/N-ethyl adjacent to an activating group) is 2. The summed E-state index contributed by atoms with van der Waals surface area (Å²) in [5, 5.41) is 0. The minimum atomic E-state index is -4.60. The number of ether oxygens (including phenoxy) is 1. The van der Waals surface area contributed by atoms with Gasteiger partial charge in [-0.2, -0.15) is 13.2 Å². The van der Waals surface area contributed by atoms with Crippen molar-refractivity contribution in [2.75, 3.05) is 68.7 Å². The zero-order chi connectivity index (χ0) is 27.8. The van der Waals surface area contributed by atoms with Crippen LogP contribution in [-0.4, -0.2) is 81.7 Å². The number of hydrogen-bond donors (Lipinski definition) is 0. The highest BCUT2D eigenvalue weighted by atomic mass is 19.4. The van der Waals surface area contributed by atoms with Crippen LogP contribution in [0.25, 0.3) is 0 Å². The van der Waals surface area contributed by atoms with Crippen LogP contribution in [0.2, 0.25) is 0 Å². The molecular weight excluding hydrogens is 499 g/mol. The Kier molecular flexibility index (Phi) is 7.98. The van der Waals surface area contributed by atoms with E-state index >= 15 is 0 Å². The first-order valence-corrected chi connectivity index (χ1v) is 12.6. The third kappa shape index (κ3) is 5.63. The van der Waals surface area contributed by atoms with Crippen LogP contribution in [0.3, 0.4) is 0 Å². The molecule has 0 bridgehead atoms. The second-order valence-electron chi connectivity index (χ2n) is 10.2. The zero-order valence-corrected chi connectivity index (χ0v) is 22.4. The molecule has 1 aromatic carbocycles. The van der Waals surface area contributed by atoms with Crippen molar-refractivity contribution in [1.29, 1.82) is 0 Å². The summed E-state index contributed by atoms with van der Waals surface area (Å²) in [7, 11) is 5.58. The Morgan fingerprint density at radius 1 is 1.13 bits per heavy atom. The van der Waals surface area contributed by atoms with E-state index in [1.54, 1.807) is 7.05 Å². The normalized spacial score (nSPS) is 20.1. The first-order chi connectivity index (χ1) is 17.9. The first kappa shape index (κ1) is 27.8. The molecule has 0 saturated carbocycles. The van der Waals surface area contributed by atoms with Crippen molar-refractivity contribution in [2.45, 2.75) is 32.5 Å². The molecule has 3 heterocycles. The van der Waals surface area contributed by atoms with E-state index < -0.39 is 29.6 Å².